The number of nitrogens with zero attached hydrogens (tertiary/aromatic N) is 2. The highest BCUT2D eigenvalue weighted by Gasteiger charge is 2.38. The van der Waals surface area contributed by atoms with Gasteiger partial charge < -0.3 is 30.9 Å². The smallest absolute Gasteiger partial charge is 0.406 e. The van der Waals surface area contributed by atoms with Crippen molar-refractivity contribution in [1.29, 1.82) is 0 Å². The molecular weight excluding hydrogens is 487 g/mol. The Bertz CT molecular complexity index is 796. The number of nitrogens with one attached hydrogen (secondary N) is 2. The van der Waals surface area contributed by atoms with Crippen LogP contribution in [0.1, 0.15) is 51.4 Å². The molecule has 2 amide bonds. The van der Waals surface area contributed by atoms with Crippen LogP contribution in [-0.4, -0.2) is 82.3 Å². The van der Waals surface area contributed by atoms with Gasteiger partial charge in [0.2, 0.25) is 11.8 Å². The van der Waals surface area contributed by atoms with Gasteiger partial charge in [0.15, 0.2) is 0 Å². The number of halogens is 3. The highest BCUT2D eigenvalue weighted by Crippen LogP contribution is 2.44. The monoisotopic (exact) mass is 531 g/mol. The van der Waals surface area contributed by atoms with Crippen molar-refractivity contribution in [3.63, 3.8) is 0 Å². The predicted octanol–water partition coefficient (Wildman–Crippen LogP) is 3.83. The van der Waals surface area contributed by atoms with Gasteiger partial charge in [-0.1, -0.05) is 12.8 Å². The van der Waals surface area contributed by atoms with E-state index in [4.69, 9.17) is 5.73 Å². The lowest BCUT2D eigenvalue weighted by molar-refractivity contribution is -0.274. The van der Waals surface area contributed by atoms with Crippen LogP contribution in [0.25, 0.3) is 0 Å². The van der Waals surface area contributed by atoms with Crippen LogP contribution in [-0.2, 0) is 9.59 Å². The van der Waals surface area contributed by atoms with Crippen molar-refractivity contribution in [1.82, 2.24) is 15.1 Å². The van der Waals surface area contributed by atoms with E-state index in [0.717, 1.165) is 70.3 Å². The molecule has 0 saturated heterocycles. The third-order valence-electron chi connectivity index (χ3n) is 6.02. The molecule has 1 aliphatic rings. The Morgan fingerprint density at radius 1 is 0.946 bits per heavy atom. The average molecular weight is 532 g/mol. The van der Waals surface area contributed by atoms with Crippen molar-refractivity contribution < 1.29 is 27.5 Å². The molecule has 8 nitrogen and oxygen atoms in total. The molecule has 0 aromatic heterocycles. The van der Waals surface area contributed by atoms with Crippen LogP contribution in [0.4, 0.5) is 18.9 Å². The normalized spacial score (nSPS) is 14.8. The lowest BCUT2D eigenvalue weighted by Crippen LogP contribution is -2.34. The summed E-state index contributed by atoms with van der Waals surface area (Å²) in [7, 11) is 8.06. The molecule has 1 aromatic carbocycles. The number of benzene rings is 1. The molecule has 1 saturated carbocycles. The fraction of sp³-hybridized carbons (Fsp3) is 0.692. The summed E-state index contributed by atoms with van der Waals surface area (Å²) in [6.45, 7) is 3.40. The van der Waals surface area contributed by atoms with Gasteiger partial charge in [-0.25, -0.2) is 0 Å². The minimum atomic E-state index is -4.76. The highest BCUT2D eigenvalue weighted by atomic mass is 19.4. The molecule has 0 atom stereocenters. The van der Waals surface area contributed by atoms with Crippen LogP contribution in [0.5, 0.6) is 5.75 Å². The van der Waals surface area contributed by atoms with Crippen LogP contribution in [0.15, 0.2) is 24.3 Å². The fourth-order valence-corrected chi connectivity index (χ4v) is 4.26. The minimum Gasteiger partial charge on any atom is -0.406 e. The topological polar surface area (TPSA) is 99.9 Å². The summed E-state index contributed by atoms with van der Waals surface area (Å²) in [5.74, 6) is -0.641. The second-order valence-electron chi connectivity index (χ2n) is 10.1. The quantitative estimate of drug-likeness (QED) is 0.335. The van der Waals surface area contributed by atoms with Crippen molar-refractivity contribution in [2.24, 2.45) is 11.1 Å². The SMILES string of the molecule is CN(C)CCCN.CN(C)CCCNC(=O)CC1(CC(=O)Nc2ccc(OC(F)(F)F)cc2)CCCC1. The van der Waals surface area contributed by atoms with Crippen molar-refractivity contribution in [3.8, 4) is 5.75 Å². The number of hydrogen-bond acceptors (Lipinski definition) is 6. The minimum absolute atomic E-state index is 0.0443. The van der Waals surface area contributed by atoms with Crippen molar-refractivity contribution in [2.45, 2.75) is 57.7 Å². The van der Waals surface area contributed by atoms with Crippen molar-refractivity contribution in [3.05, 3.63) is 24.3 Å². The maximum absolute atomic E-state index is 12.5. The maximum Gasteiger partial charge on any atom is 0.573 e. The summed E-state index contributed by atoms with van der Waals surface area (Å²) in [6, 6.07) is 5.01. The van der Waals surface area contributed by atoms with Crippen LogP contribution < -0.4 is 21.1 Å². The van der Waals surface area contributed by atoms with Crippen molar-refractivity contribution >= 4 is 17.5 Å². The van der Waals surface area contributed by atoms with Crippen LogP contribution >= 0.6 is 0 Å². The summed E-state index contributed by atoms with van der Waals surface area (Å²) in [5.41, 5.74) is 5.27. The lowest BCUT2D eigenvalue weighted by Gasteiger charge is -2.28. The van der Waals surface area contributed by atoms with E-state index < -0.39 is 6.36 Å². The number of alkyl halides is 3. The molecule has 0 heterocycles. The predicted molar refractivity (Wildman–Crippen MR) is 140 cm³/mol. The Morgan fingerprint density at radius 2 is 1.49 bits per heavy atom. The zero-order valence-corrected chi connectivity index (χ0v) is 22.6. The number of amides is 2. The molecule has 37 heavy (non-hydrogen) atoms. The molecule has 0 radical (unpaired) electrons. The third kappa shape index (κ3) is 15.5. The molecule has 1 aliphatic carbocycles. The number of ether oxygens (including phenoxy) is 1. The van der Waals surface area contributed by atoms with Gasteiger partial charge in [0.1, 0.15) is 5.75 Å². The molecule has 0 bridgehead atoms. The largest absolute Gasteiger partial charge is 0.573 e. The van der Waals surface area contributed by atoms with E-state index in [1.54, 1.807) is 0 Å². The summed E-state index contributed by atoms with van der Waals surface area (Å²) < 4.78 is 40.5. The first-order valence-corrected chi connectivity index (χ1v) is 12.8. The summed E-state index contributed by atoms with van der Waals surface area (Å²) >= 11 is 0. The molecule has 0 unspecified atom stereocenters. The van der Waals surface area contributed by atoms with E-state index in [2.05, 4.69) is 39.3 Å². The number of hydrogen-bond donors (Lipinski definition) is 3. The number of carbonyl (C=O) groups excluding carboxylic acids is 2. The zero-order valence-electron chi connectivity index (χ0n) is 22.6. The lowest BCUT2D eigenvalue weighted by atomic mass is 9.79. The molecule has 4 N–H and O–H groups in total. The molecule has 11 heteroatoms. The van der Waals surface area contributed by atoms with Gasteiger partial charge in [0.05, 0.1) is 0 Å². The standard InChI is InChI=1S/C21H30F3N3O3.C5H14N2/c1-27(2)13-5-12-25-18(28)14-20(10-3-4-11-20)15-19(29)26-16-6-8-17(9-7-16)30-21(22,23)24;1-7(2)5-3-4-6/h6-9H,3-5,10-15H2,1-2H3,(H,25,28)(H,26,29);3-6H2,1-2H3. The molecule has 0 aliphatic heterocycles. The van der Waals surface area contributed by atoms with Gasteiger partial charge in [-0.05, 0) is 103 Å². The van der Waals surface area contributed by atoms with Crippen LogP contribution in [0.3, 0.4) is 0 Å². The number of nitrogens with two attached hydrogens (primary N) is 1. The van der Waals surface area contributed by atoms with Gasteiger partial charge in [-0.3, -0.25) is 9.59 Å². The summed E-state index contributed by atoms with van der Waals surface area (Å²) in [6.07, 6.45) is 1.29. The fourth-order valence-electron chi connectivity index (χ4n) is 4.26. The Hall–Kier alpha value is -2.37. The molecular formula is C26H44F3N5O3. The van der Waals surface area contributed by atoms with E-state index in [1.807, 2.05) is 14.1 Å². The Labute approximate surface area is 219 Å². The average Bonchev–Trinajstić information content (AvgIpc) is 3.23. The summed E-state index contributed by atoms with van der Waals surface area (Å²) in [4.78, 5) is 29.1. The molecule has 2 rings (SSSR count). The first-order valence-electron chi connectivity index (χ1n) is 12.8. The van der Waals surface area contributed by atoms with Crippen molar-refractivity contribution in [2.75, 3.05) is 59.7 Å². The van der Waals surface area contributed by atoms with E-state index in [1.165, 1.54) is 12.1 Å². The maximum atomic E-state index is 12.5. The second kappa shape index (κ2) is 16.5. The second-order valence-corrected chi connectivity index (χ2v) is 10.1. The first-order chi connectivity index (χ1) is 17.3. The van der Waals surface area contributed by atoms with Gasteiger partial charge in [-0.15, -0.1) is 13.2 Å². The Morgan fingerprint density at radius 3 is 1.97 bits per heavy atom. The molecule has 1 aromatic rings. The Kier molecular flexibility index (Phi) is 14.5. The Balaban J connectivity index is 0.000000856. The van der Waals surface area contributed by atoms with Gasteiger partial charge >= 0.3 is 6.36 Å². The molecule has 212 valence electrons. The van der Waals surface area contributed by atoms with E-state index in [-0.39, 0.29) is 29.4 Å². The molecule has 1 fully saturated rings. The molecule has 0 spiro atoms. The van der Waals surface area contributed by atoms with Crippen LogP contribution in [0, 0.1) is 5.41 Å². The van der Waals surface area contributed by atoms with E-state index in [0.29, 0.717) is 18.7 Å². The van der Waals surface area contributed by atoms with Gasteiger partial charge in [0.25, 0.3) is 0 Å². The van der Waals surface area contributed by atoms with Crippen LogP contribution in [0.2, 0.25) is 0 Å². The number of anilines is 1. The van der Waals surface area contributed by atoms with E-state index >= 15 is 0 Å². The third-order valence-corrected chi connectivity index (χ3v) is 6.02. The van der Waals surface area contributed by atoms with Gasteiger partial charge in [0, 0.05) is 25.1 Å². The zero-order chi connectivity index (χ0) is 27.9. The highest BCUT2D eigenvalue weighted by molar-refractivity contribution is 5.91. The number of rotatable bonds is 13. The number of carbonyl (C=O) groups is 2. The van der Waals surface area contributed by atoms with E-state index in [9.17, 15) is 22.8 Å². The van der Waals surface area contributed by atoms with Gasteiger partial charge in [-0.2, -0.15) is 0 Å². The first kappa shape index (κ1) is 32.7. The summed E-state index contributed by atoms with van der Waals surface area (Å²) in [5, 5.41) is 5.64.